The molecule has 0 fully saturated rings. The number of nitrogens with two attached hydrogens (primary N) is 1. The van der Waals surface area contributed by atoms with Gasteiger partial charge in [-0.3, -0.25) is 9.59 Å². The first-order valence-electron chi connectivity index (χ1n) is 8.51. The van der Waals surface area contributed by atoms with E-state index in [9.17, 15) is 9.59 Å². The maximum absolute atomic E-state index is 12.3. The Hall–Kier alpha value is -3.71. The monoisotopic (exact) mass is 388 g/mol. The quantitative estimate of drug-likeness (QED) is 0.452. The fraction of sp³-hybridized carbons (Fsp3) is 0. The number of thiophene rings is 1. The number of nitrogens with one attached hydrogen (secondary N) is 2. The van der Waals surface area contributed by atoms with Crippen molar-refractivity contribution in [2.24, 2.45) is 5.73 Å². The molecule has 0 spiro atoms. The summed E-state index contributed by atoms with van der Waals surface area (Å²) in [6.07, 6.45) is 5.07. The van der Waals surface area contributed by atoms with Crippen molar-refractivity contribution >= 4 is 51.5 Å². The van der Waals surface area contributed by atoms with Crippen LogP contribution in [0.2, 0.25) is 0 Å². The van der Waals surface area contributed by atoms with E-state index in [1.807, 2.05) is 47.8 Å². The number of aromatic nitrogens is 2. The predicted molar refractivity (Wildman–Crippen MR) is 112 cm³/mol. The van der Waals surface area contributed by atoms with Gasteiger partial charge in [-0.05, 0) is 29.2 Å². The summed E-state index contributed by atoms with van der Waals surface area (Å²) in [4.78, 5) is 32.3. The van der Waals surface area contributed by atoms with Crippen LogP contribution >= 0.6 is 11.3 Å². The second-order valence-corrected chi connectivity index (χ2v) is 7.03. The van der Waals surface area contributed by atoms with Crippen molar-refractivity contribution in [2.45, 2.75) is 0 Å². The average Bonchev–Trinajstić information content (AvgIpc) is 3.37. The van der Waals surface area contributed by atoms with Gasteiger partial charge in [-0.2, -0.15) is 0 Å². The van der Waals surface area contributed by atoms with Gasteiger partial charge in [-0.25, -0.2) is 4.98 Å². The third-order valence-electron chi connectivity index (χ3n) is 4.22. The lowest BCUT2D eigenvalue weighted by atomic mass is 10.0. The molecular weight excluding hydrogens is 372 g/mol. The fourth-order valence-electron chi connectivity index (χ4n) is 2.88. The summed E-state index contributed by atoms with van der Waals surface area (Å²) >= 11 is 1.37. The van der Waals surface area contributed by atoms with Crippen LogP contribution in [0.15, 0.2) is 66.3 Å². The first-order valence-corrected chi connectivity index (χ1v) is 9.38. The number of hydrogen-bond donors (Lipinski definition) is 3. The number of anilines is 1. The van der Waals surface area contributed by atoms with E-state index in [-0.39, 0.29) is 5.91 Å². The van der Waals surface area contributed by atoms with Gasteiger partial charge >= 0.3 is 0 Å². The first kappa shape index (κ1) is 17.7. The van der Waals surface area contributed by atoms with E-state index in [0.29, 0.717) is 21.8 Å². The molecule has 0 saturated heterocycles. The van der Waals surface area contributed by atoms with Crippen LogP contribution in [-0.4, -0.2) is 21.8 Å². The third-order valence-corrected chi connectivity index (χ3v) is 5.08. The van der Waals surface area contributed by atoms with E-state index in [0.717, 1.165) is 16.5 Å². The Morgan fingerprint density at radius 2 is 1.96 bits per heavy atom. The average molecular weight is 388 g/mol. The van der Waals surface area contributed by atoms with Crippen LogP contribution in [0.4, 0.5) is 5.69 Å². The second-order valence-electron chi connectivity index (χ2n) is 6.08. The number of fused-ring (bicyclic) bond motifs is 1. The smallest absolute Gasteiger partial charge is 0.265 e. The molecule has 4 rings (SSSR count). The molecule has 3 heterocycles. The lowest BCUT2D eigenvalue weighted by Crippen LogP contribution is -2.12. The number of H-pyrrole nitrogens is 1. The van der Waals surface area contributed by atoms with E-state index in [2.05, 4.69) is 15.3 Å². The van der Waals surface area contributed by atoms with Crippen molar-refractivity contribution in [3.63, 3.8) is 0 Å². The molecule has 2 amide bonds. The number of carbonyl (C=O) groups is 2. The molecule has 4 aromatic rings. The lowest BCUT2D eigenvalue weighted by molar-refractivity contribution is -0.112. The topological polar surface area (TPSA) is 101 Å². The second kappa shape index (κ2) is 7.50. The number of amides is 2. The van der Waals surface area contributed by atoms with E-state index in [4.69, 9.17) is 5.73 Å². The van der Waals surface area contributed by atoms with Crippen LogP contribution < -0.4 is 11.1 Å². The molecule has 138 valence electrons. The van der Waals surface area contributed by atoms with Crippen molar-refractivity contribution in [1.29, 1.82) is 0 Å². The zero-order chi connectivity index (χ0) is 19.5. The van der Waals surface area contributed by atoms with Crippen LogP contribution in [0.1, 0.15) is 20.8 Å². The SMILES string of the molecule is NC(=O)/C(=C\c1c[nH]c2ncc(NC(=O)c3cccs3)cc12)c1ccccc1. The molecule has 7 heteroatoms. The molecule has 0 radical (unpaired) electrons. The Bertz CT molecular complexity index is 1180. The largest absolute Gasteiger partial charge is 0.366 e. The number of pyridine rings is 1. The Balaban J connectivity index is 1.71. The third kappa shape index (κ3) is 3.56. The molecule has 0 atom stereocenters. The number of benzene rings is 1. The first-order chi connectivity index (χ1) is 13.6. The standard InChI is InChI=1S/C21H16N4O2S/c22-19(26)16(13-5-2-1-3-6-13)9-14-11-23-20-17(14)10-15(12-24-20)25-21(27)18-7-4-8-28-18/h1-12H,(H2,22,26)(H,23,24)(H,25,27)/b16-9-. The summed E-state index contributed by atoms with van der Waals surface area (Å²) < 4.78 is 0. The van der Waals surface area contributed by atoms with Gasteiger partial charge in [0, 0.05) is 22.7 Å². The van der Waals surface area contributed by atoms with Gasteiger partial charge in [-0.15, -0.1) is 11.3 Å². The molecule has 1 aromatic carbocycles. The number of nitrogens with zero attached hydrogens (tertiary/aromatic N) is 1. The number of carbonyl (C=O) groups excluding carboxylic acids is 2. The molecule has 0 unspecified atom stereocenters. The van der Waals surface area contributed by atoms with Gasteiger partial charge in [-0.1, -0.05) is 36.4 Å². The normalized spacial score (nSPS) is 11.5. The summed E-state index contributed by atoms with van der Waals surface area (Å²) in [6, 6.07) is 14.6. The van der Waals surface area contributed by atoms with E-state index in [1.165, 1.54) is 11.3 Å². The van der Waals surface area contributed by atoms with Crippen LogP contribution in [0, 0.1) is 0 Å². The van der Waals surface area contributed by atoms with Gasteiger partial charge in [0.05, 0.1) is 16.8 Å². The Labute approximate surface area is 164 Å². The highest BCUT2D eigenvalue weighted by atomic mass is 32.1. The minimum Gasteiger partial charge on any atom is -0.366 e. The van der Waals surface area contributed by atoms with Crippen molar-refractivity contribution in [2.75, 3.05) is 5.32 Å². The molecule has 0 saturated carbocycles. The number of hydrogen-bond acceptors (Lipinski definition) is 4. The highest BCUT2D eigenvalue weighted by molar-refractivity contribution is 7.12. The molecule has 0 aliphatic rings. The van der Waals surface area contributed by atoms with E-state index < -0.39 is 5.91 Å². The molecule has 0 aliphatic carbocycles. The van der Waals surface area contributed by atoms with Crippen molar-refractivity contribution in [3.8, 4) is 0 Å². The van der Waals surface area contributed by atoms with Crippen LogP contribution in [0.5, 0.6) is 0 Å². The predicted octanol–water partition coefficient (Wildman–Crippen LogP) is 3.90. The van der Waals surface area contributed by atoms with Gasteiger partial charge in [0.25, 0.3) is 5.91 Å². The maximum Gasteiger partial charge on any atom is 0.265 e. The summed E-state index contributed by atoms with van der Waals surface area (Å²) in [5.74, 6) is -0.707. The van der Waals surface area contributed by atoms with Gasteiger partial charge < -0.3 is 16.0 Å². The Morgan fingerprint density at radius 3 is 2.68 bits per heavy atom. The minimum atomic E-state index is -0.518. The van der Waals surface area contributed by atoms with Gasteiger partial charge in [0.1, 0.15) is 5.65 Å². The van der Waals surface area contributed by atoms with Crippen molar-refractivity contribution in [1.82, 2.24) is 9.97 Å². The molecule has 4 N–H and O–H groups in total. The van der Waals surface area contributed by atoms with Crippen LogP contribution in [0.25, 0.3) is 22.7 Å². The highest BCUT2D eigenvalue weighted by Gasteiger charge is 2.12. The highest BCUT2D eigenvalue weighted by Crippen LogP contribution is 2.25. The van der Waals surface area contributed by atoms with Crippen molar-refractivity contribution in [3.05, 3.63) is 82.3 Å². The molecule has 0 bridgehead atoms. The van der Waals surface area contributed by atoms with Gasteiger partial charge in [0.15, 0.2) is 0 Å². The molecule has 0 aliphatic heterocycles. The zero-order valence-corrected chi connectivity index (χ0v) is 15.5. The number of aromatic amines is 1. The minimum absolute atomic E-state index is 0.189. The lowest BCUT2D eigenvalue weighted by Gasteiger charge is -2.05. The van der Waals surface area contributed by atoms with E-state index >= 15 is 0 Å². The van der Waals surface area contributed by atoms with Crippen molar-refractivity contribution < 1.29 is 9.59 Å². The van der Waals surface area contributed by atoms with Crippen LogP contribution in [-0.2, 0) is 4.79 Å². The van der Waals surface area contributed by atoms with Crippen LogP contribution in [0.3, 0.4) is 0 Å². The van der Waals surface area contributed by atoms with Gasteiger partial charge in [0.2, 0.25) is 5.91 Å². The summed E-state index contributed by atoms with van der Waals surface area (Å²) in [7, 11) is 0. The van der Waals surface area contributed by atoms with E-state index in [1.54, 1.807) is 24.5 Å². The Morgan fingerprint density at radius 1 is 1.14 bits per heavy atom. The molecule has 28 heavy (non-hydrogen) atoms. The number of rotatable bonds is 5. The molecule has 6 nitrogen and oxygen atoms in total. The fourth-order valence-corrected chi connectivity index (χ4v) is 3.50. The maximum atomic E-state index is 12.3. The summed E-state index contributed by atoms with van der Waals surface area (Å²) in [6.45, 7) is 0. The Kier molecular flexibility index (Phi) is 4.74. The molecular formula is C21H16N4O2S. The molecule has 3 aromatic heterocycles. The zero-order valence-electron chi connectivity index (χ0n) is 14.7. The summed E-state index contributed by atoms with van der Waals surface area (Å²) in [5.41, 5.74) is 8.70. The summed E-state index contributed by atoms with van der Waals surface area (Å²) in [5, 5.41) is 5.47. The number of primary amides is 1.